The van der Waals surface area contributed by atoms with E-state index < -0.39 is 0 Å². The van der Waals surface area contributed by atoms with Crippen molar-refractivity contribution in [1.82, 2.24) is 10.0 Å². The molecule has 1 rings (SSSR count). The molecule has 1 saturated heterocycles. The summed E-state index contributed by atoms with van der Waals surface area (Å²) in [7, 11) is 1.95. The zero-order valence-electron chi connectivity index (χ0n) is 7.79. The molecule has 0 saturated carbocycles. The van der Waals surface area contributed by atoms with Crippen molar-refractivity contribution in [1.29, 1.82) is 0 Å². The predicted molar refractivity (Wildman–Crippen MR) is 47.2 cm³/mol. The number of amides is 1. The summed E-state index contributed by atoms with van der Waals surface area (Å²) in [6.07, 6.45) is 1.52. The molecule has 70 valence electrons. The van der Waals surface area contributed by atoms with Gasteiger partial charge >= 0.3 is 0 Å². The average molecular weight is 171 g/mol. The molecule has 1 aliphatic rings. The van der Waals surface area contributed by atoms with Crippen LogP contribution in [0.3, 0.4) is 0 Å². The van der Waals surface area contributed by atoms with E-state index in [0.717, 1.165) is 13.0 Å². The van der Waals surface area contributed by atoms with Gasteiger partial charge < -0.3 is 5.73 Å². The molecule has 4 heteroatoms. The highest BCUT2D eigenvalue weighted by Crippen LogP contribution is 2.16. The fraction of sp³-hybridized carbons (Fsp3) is 0.875. The lowest BCUT2D eigenvalue weighted by Crippen LogP contribution is -2.39. The van der Waals surface area contributed by atoms with Crippen molar-refractivity contribution in [3.8, 4) is 0 Å². The second kappa shape index (κ2) is 3.87. The van der Waals surface area contributed by atoms with Gasteiger partial charge in [0.25, 0.3) is 0 Å². The summed E-state index contributed by atoms with van der Waals surface area (Å²) in [4.78, 5) is 11.3. The number of rotatable bonds is 3. The fourth-order valence-corrected chi connectivity index (χ4v) is 1.43. The molecule has 1 atom stereocenters. The Kier molecular flexibility index (Phi) is 3.05. The molecular formula is C8H17N3O. The van der Waals surface area contributed by atoms with Gasteiger partial charge in [0, 0.05) is 26.1 Å². The molecule has 0 spiro atoms. The lowest BCUT2D eigenvalue weighted by molar-refractivity contribution is -0.137. The van der Waals surface area contributed by atoms with E-state index in [4.69, 9.17) is 5.73 Å². The summed E-state index contributed by atoms with van der Waals surface area (Å²) >= 11 is 0. The average Bonchev–Trinajstić information content (AvgIpc) is 2.25. The topological polar surface area (TPSA) is 49.6 Å². The molecular weight excluding hydrogens is 154 g/mol. The zero-order valence-corrected chi connectivity index (χ0v) is 7.79. The van der Waals surface area contributed by atoms with Crippen LogP contribution in [0.5, 0.6) is 0 Å². The molecule has 0 aliphatic carbocycles. The third-order valence-corrected chi connectivity index (χ3v) is 2.35. The Morgan fingerprint density at radius 2 is 2.33 bits per heavy atom. The highest BCUT2D eigenvalue weighted by Gasteiger charge is 2.31. The van der Waals surface area contributed by atoms with Gasteiger partial charge in [0.15, 0.2) is 0 Å². The number of carbonyl (C=O) groups is 1. The minimum Gasteiger partial charge on any atom is -0.330 e. The fourth-order valence-electron chi connectivity index (χ4n) is 1.43. The van der Waals surface area contributed by atoms with Gasteiger partial charge in [-0.1, -0.05) is 0 Å². The molecule has 0 bridgehead atoms. The van der Waals surface area contributed by atoms with Crippen LogP contribution in [0.1, 0.15) is 19.8 Å². The number of hydrogen-bond donors (Lipinski definition) is 1. The third kappa shape index (κ3) is 1.76. The van der Waals surface area contributed by atoms with Crippen molar-refractivity contribution >= 4 is 5.91 Å². The first-order valence-electron chi connectivity index (χ1n) is 4.40. The Bertz CT molecular complexity index is 172. The van der Waals surface area contributed by atoms with E-state index in [9.17, 15) is 4.79 Å². The van der Waals surface area contributed by atoms with Crippen LogP contribution in [0.25, 0.3) is 0 Å². The predicted octanol–water partition coefficient (Wildman–Crippen LogP) is -0.197. The molecule has 1 heterocycles. The maximum Gasteiger partial charge on any atom is 0.238 e. The maximum atomic E-state index is 11.3. The van der Waals surface area contributed by atoms with Crippen molar-refractivity contribution in [2.75, 3.05) is 20.1 Å². The normalized spacial score (nSPS) is 25.4. The van der Waals surface area contributed by atoms with Crippen LogP contribution in [0.4, 0.5) is 0 Å². The lowest BCUT2D eigenvalue weighted by atomic mass is 10.2. The third-order valence-electron chi connectivity index (χ3n) is 2.35. The molecule has 4 nitrogen and oxygen atoms in total. The standard InChI is InChI=1S/C8H17N3O/c1-7-6-8(12)11(10(7)2)5-3-4-9/h7H,3-6,9H2,1-2H3. The number of hydrazine groups is 1. The van der Waals surface area contributed by atoms with Gasteiger partial charge in [-0.3, -0.25) is 9.80 Å². The summed E-state index contributed by atoms with van der Waals surface area (Å²) in [5, 5.41) is 3.79. The quantitative estimate of drug-likeness (QED) is 0.640. The SMILES string of the molecule is CC1CC(=O)N(CCCN)N1C. The van der Waals surface area contributed by atoms with E-state index in [1.54, 1.807) is 5.01 Å². The van der Waals surface area contributed by atoms with Crippen LogP contribution in [-0.4, -0.2) is 42.1 Å². The van der Waals surface area contributed by atoms with Gasteiger partial charge in [-0.25, -0.2) is 5.01 Å². The summed E-state index contributed by atoms with van der Waals surface area (Å²) in [5.74, 6) is 0.221. The van der Waals surface area contributed by atoms with Gasteiger partial charge in [0.2, 0.25) is 5.91 Å². The van der Waals surface area contributed by atoms with E-state index >= 15 is 0 Å². The minimum absolute atomic E-state index is 0.221. The molecule has 12 heavy (non-hydrogen) atoms. The van der Waals surface area contributed by atoms with Crippen LogP contribution in [-0.2, 0) is 4.79 Å². The number of hydrogen-bond acceptors (Lipinski definition) is 3. The Labute approximate surface area is 73.3 Å². The van der Waals surface area contributed by atoms with Crippen LogP contribution in [0.15, 0.2) is 0 Å². The molecule has 2 N–H and O–H groups in total. The van der Waals surface area contributed by atoms with Crippen LogP contribution >= 0.6 is 0 Å². The molecule has 0 radical (unpaired) electrons. The van der Waals surface area contributed by atoms with E-state index in [1.807, 2.05) is 12.1 Å². The zero-order chi connectivity index (χ0) is 9.14. The van der Waals surface area contributed by atoms with Crippen molar-refractivity contribution in [3.63, 3.8) is 0 Å². The Morgan fingerprint density at radius 1 is 1.67 bits per heavy atom. The Morgan fingerprint density at radius 3 is 2.75 bits per heavy atom. The number of carbonyl (C=O) groups excluding carboxylic acids is 1. The van der Waals surface area contributed by atoms with Crippen molar-refractivity contribution in [3.05, 3.63) is 0 Å². The highest BCUT2D eigenvalue weighted by molar-refractivity contribution is 5.78. The van der Waals surface area contributed by atoms with Gasteiger partial charge in [-0.2, -0.15) is 0 Å². The van der Waals surface area contributed by atoms with Gasteiger partial charge in [-0.15, -0.1) is 0 Å². The van der Waals surface area contributed by atoms with E-state index in [0.29, 0.717) is 19.0 Å². The minimum atomic E-state index is 0.221. The maximum absolute atomic E-state index is 11.3. The number of nitrogens with two attached hydrogens (primary N) is 1. The first kappa shape index (κ1) is 9.48. The molecule has 1 fully saturated rings. The smallest absolute Gasteiger partial charge is 0.238 e. The van der Waals surface area contributed by atoms with E-state index in [-0.39, 0.29) is 5.91 Å². The van der Waals surface area contributed by atoms with Gasteiger partial charge in [-0.05, 0) is 19.9 Å². The molecule has 1 amide bonds. The van der Waals surface area contributed by atoms with Gasteiger partial charge in [0.05, 0.1) is 0 Å². The Hall–Kier alpha value is -0.610. The van der Waals surface area contributed by atoms with Gasteiger partial charge in [0.1, 0.15) is 0 Å². The highest BCUT2D eigenvalue weighted by atomic mass is 16.2. The largest absolute Gasteiger partial charge is 0.330 e. The molecule has 0 aromatic heterocycles. The Balaban J connectivity index is 2.46. The van der Waals surface area contributed by atoms with Crippen molar-refractivity contribution in [2.24, 2.45) is 5.73 Å². The molecule has 0 aromatic carbocycles. The number of nitrogens with zero attached hydrogens (tertiary/aromatic N) is 2. The molecule has 1 aliphatic heterocycles. The first-order chi connectivity index (χ1) is 5.66. The summed E-state index contributed by atoms with van der Waals surface area (Å²) < 4.78 is 0. The summed E-state index contributed by atoms with van der Waals surface area (Å²) in [5.41, 5.74) is 5.38. The van der Waals surface area contributed by atoms with E-state index in [2.05, 4.69) is 6.92 Å². The second-order valence-corrected chi connectivity index (χ2v) is 3.29. The molecule has 1 unspecified atom stereocenters. The van der Waals surface area contributed by atoms with Crippen LogP contribution in [0, 0.1) is 0 Å². The van der Waals surface area contributed by atoms with Crippen molar-refractivity contribution < 1.29 is 4.79 Å². The van der Waals surface area contributed by atoms with Crippen molar-refractivity contribution in [2.45, 2.75) is 25.8 Å². The lowest BCUT2D eigenvalue weighted by Gasteiger charge is -2.26. The second-order valence-electron chi connectivity index (χ2n) is 3.29. The monoisotopic (exact) mass is 171 g/mol. The van der Waals surface area contributed by atoms with E-state index in [1.165, 1.54) is 0 Å². The van der Waals surface area contributed by atoms with Crippen LogP contribution in [0.2, 0.25) is 0 Å². The molecule has 0 aromatic rings. The van der Waals surface area contributed by atoms with Crippen LogP contribution < -0.4 is 5.73 Å². The summed E-state index contributed by atoms with van der Waals surface area (Å²) in [6, 6.07) is 0.343. The summed E-state index contributed by atoms with van der Waals surface area (Å²) in [6.45, 7) is 3.46. The first-order valence-corrected chi connectivity index (χ1v) is 4.40.